The van der Waals surface area contributed by atoms with E-state index in [1.807, 2.05) is 49.8 Å². The third-order valence-corrected chi connectivity index (χ3v) is 6.70. The van der Waals surface area contributed by atoms with E-state index in [0.29, 0.717) is 31.9 Å². The molecule has 0 aromatic heterocycles. The molecule has 2 rings (SSSR count). The lowest BCUT2D eigenvalue weighted by Crippen LogP contribution is -2.34. The Hall–Kier alpha value is -2.58. The van der Waals surface area contributed by atoms with E-state index in [2.05, 4.69) is 10.6 Å². The molecule has 192 valence electrons. The van der Waals surface area contributed by atoms with E-state index < -0.39 is 20.3 Å². The third kappa shape index (κ3) is 11.5. The second kappa shape index (κ2) is 13.3. The van der Waals surface area contributed by atoms with Crippen LogP contribution < -0.4 is 26.8 Å². The van der Waals surface area contributed by atoms with Crippen molar-refractivity contribution in [2.75, 3.05) is 61.1 Å². The van der Waals surface area contributed by atoms with Crippen molar-refractivity contribution in [3.05, 3.63) is 47.5 Å². The first-order valence-electron chi connectivity index (χ1n) is 10.6. The molecule has 0 bridgehead atoms. The summed E-state index contributed by atoms with van der Waals surface area (Å²) in [5.74, 6) is 0. The van der Waals surface area contributed by atoms with E-state index in [-0.39, 0.29) is 6.54 Å². The van der Waals surface area contributed by atoms with Crippen molar-refractivity contribution in [1.29, 1.82) is 0 Å². The smallest absolute Gasteiger partial charge is 0.333 e. The maximum absolute atomic E-state index is 11.4. The fourth-order valence-corrected chi connectivity index (χ4v) is 4.18. The second-order valence-electron chi connectivity index (χ2n) is 7.62. The van der Waals surface area contributed by atoms with Crippen LogP contribution in [0.5, 0.6) is 0 Å². The molecular formula is C21H36N6O5S2. The number of nitrogen functional groups attached to an aromatic ring is 2. The molecule has 0 aliphatic heterocycles. The minimum atomic E-state index is -4.10. The fourth-order valence-electron chi connectivity index (χ4n) is 2.93. The zero-order valence-corrected chi connectivity index (χ0v) is 21.6. The van der Waals surface area contributed by atoms with Crippen molar-refractivity contribution in [3.8, 4) is 0 Å². The Morgan fingerprint density at radius 3 is 2.12 bits per heavy atom. The van der Waals surface area contributed by atoms with Crippen LogP contribution in [0.3, 0.4) is 0 Å². The van der Waals surface area contributed by atoms with Gasteiger partial charge < -0.3 is 22.1 Å². The van der Waals surface area contributed by atoms with Crippen molar-refractivity contribution >= 4 is 43.1 Å². The highest BCUT2D eigenvalue weighted by molar-refractivity contribution is 7.88. The largest absolute Gasteiger partial charge is 0.399 e. The quantitative estimate of drug-likeness (QED) is 0.147. The van der Waals surface area contributed by atoms with Crippen LogP contribution in [-0.4, -0.2) is 64.7 Å². The van der Waals surface area contributed by atoms with Crippen LogP contribution in [0.4, 0.5) is 22.7 Å². The minimum absolute atomic E-state index is 0.113. The van der Waals surface area contributed by atoms with Gasteiger partial charge in [0.05, 0.1) is 6.26 Å². The summed E-state index contributed by atoms with van der Waals surface area (Å²) >= 11 is 0. The standard InChI is InChI=1S/C12H21N3O2S.C9H15N3O3S/c1-4-15(18(3,16)17)8-7-14-12-6-5-11(13)9-10(12)2;1-7-6-8(2-3-9(7)10)11-4-5-12-16(13,14)15/h5-6,9,14H,4,7-8,13H2,1-3H3;2-3,6,11-12H,4-5,10H2,1H3,(H,13,14,15). The molecule has 0 heterocycles. The molecule has 13 heteroatoms. The number of sulfonamides is 1. The summed E-state index contributed by atoms with van der Waals surface area (Å²) < 4.78 is 55.3. The molecule has 0 spiro atoms. The highest BCUT2D eigenvalue weighted by Gasteiger charge is 2.13. The van der Waals surface area contributed by atoms with Gasteiger partial charge in [-0.3, -0.25) is 4.55 Å². The number of benzene rings is 2. The number of hydrogen-bond donors (Lipinski definition) is 6. The summed E-state index contributed by atoms with van der Waals surface area (Å²) in [6.07, 6.45) is 1.23. The molecule has 34 heavy (non-hydrogen) atoms. The van der Waals surface area contributed by atoms with E-state index >= 15 is 0 Å². The SMILES string of the molecule is CCN(CCNc1ccc(N)cc1C)S(C)(=O)=O.Cc1cc(NCCNS(=O)(=O)O)ccc1N. The number of anilines is 4. The van der Waals surface area contributed by atoms with Crippen LogP contribution in [0, 0.1) is 13.8 Å². The van der Waals surface area contributed by atoms with E-state index in [1.54, 1.807) is 12.1 Å². The predicted molar refractivity (Wildman–Crippen MR) is 140 cm³/mol. The lowest BCUT2D eigenvalue weighted by molar-refractivity contribution is 0.444. The first kappa shape index (κ1) is 29.5. The topological polar surface area (TPSA) is 180 Å². The Kier molecular flexibility index (Phi) is 11.6. The van der Waals surface area contributed by atoms with Gasteiger partial charge >= 0.3 is 10.3 Å². The van der Waals surface area contributed by atoms with Crippen molar-refractivity contribution in [3.63, 3.8) is 0 Å². The van der Waals surface area contributed by atoms with Gasteiger partial charge in [0.1, 0.15) is 0 Å². The zero-order chi connectivity index (χ0) is 25.9. The van der Waals surface area contributed by atoms with Crippen molar-refractivity contribution in [1.82, 2.24) is 9.03 Å². The van der Waals surface area contributed by atoms with Crippen molar-refractivity contribution < 1.29 is 21.4 Å². The van der Waals surface area contributed by atoms with E-state index in [9.17, 15) is 16.8 Å². The summed E-state index contributed by atoms with van der Waals surface area (Å²) in [7, 11) is -7.22. The molecule has 8 N–H and O–H groups in total. The lowest BCUT2D eigenvalue weighted by atomic mass is 10.2. The molecule has 0 aliphatic rings. The molecule has 2 aromatic rings. The fraction of sp³-hybridized carbons (Fsp3) is 0.429. The number of likely N-dealkylation sites (N-methyl/N-ethyl adjacent to an activating group) is 1. The van der Waals surface area contributed by atoms with Crippen LogP contribution in [0.2, 0.25) is 0 Å². The monoisotopic (exact) mass is 516 g/mol. The summed E-state index contributed by atoms with van der Waals surface area (Å²) in [4.78, 5) is 0. The van der Waals surface area contributed by atoms with Crippen LogP contribution in [0.15, 0.2) is 36.4 Å². The van der Waals surface area contributed by atoms with E-state index in [0.717, 1.165) is 28.2 Å². The van der Waals surface area contributed by atoms with Gasteiger partial charge in [-0.25, -0.2) is 12.7 Å². The molecule has 0 amide bonds. The van der Waals surface area contributed by atoms with Crippen LogP contribution in [-0.2, 0) is 20.3 Å². The van der Waals surface area contributed by atoms with Gasteiger partial charge in [0.2, 0.25) is 10.0 Å². The van der Waals surface area contributed by atoms with Gasteiger partial charge in [-0.05, 0) is 61.4 Å². The number of nitrogens with one attached hydrogen (secondary N) is 3. The van der Waals surface area contributed by atoms with Crippen molar-refractivity contribution in [2.45, 2.75) is 20.8 Å². The Balaban J connectivity index is 0.000000342. The highest BCUT2D eigenvalue weighted by Crippen LogP contribution is 2.17. The average molecular weight is 517 g/mol. The number of hydrogen-bond acceptors (Lipinski definition) is 8. The zero-order valence-electron chi connectivity index (χ0n) is 20.0. The Morgan fingerprint density at radius 1 is 0.912 bits per heavy atom. The molecule has 0 radical (unpaired) electrons. The number of nitrogens with two attached hydrogens (primary N) is 2. The lowest BCUT2D eigenvalue weighted by Gasteiger charge is -2.18. The first-order valence-corrected chi connectivity index (χ1v) is 13.9. The van der Waals surface area contributed by atoms with E-state index in [4.69, 9.17) is 16.0 Å². The Labute approximate surface area is 202 Å². The average Bonchev–Trinajstić information content (AvgIpc) is 2.71. The number of aryl methyl sites for hydroxylation is 2. The maximum Gasteiger partial charge on any atom is 0.333 e. The summed E-state index contributed by atoms with van der Waals surface area (Å²) in [6, 6.07) is 11.0. The van der Waals surface area contributed by atoms with Crippen LogP contribution >= 0.6 is 0 Å². The molecule has 2 aromatic carbocycles. The maximum atomic E-state index is 11.4. The molecule has 0 fully saturated rings. The number of rotatable bonds is 11. The van der Waals surface area contributed by atoms with Gasteiger partial charge in [-0.2, -0.15) is 13.1 Å². The second-order valence-corrected chi connectivity index (χ2v) is 10.8. The summed E-state index contributed by atoms with van der Waals surface area (Å²) in [5.41, 5.74) is 16.6. The van der Waals surface area contributed by atoms with Crippen molar-refractivity contribution in [2.24, 2.45) is 0 Å². The number of nitrogens with zero attached hydrogens (tertiary/aromatic N) is 1. The Bertz CT molecular complexity index is 1140. The van der Waals surface area contributed by atoms with Gasteiger partial charge in [0.15, 0.2) is 0 Å². The van der Waals surface area contributed by atoms with E-state index in [1.165, 1.54) is 10.6 Å². The minimum Gasteiger partial charge on any atom is -0.399 e. The van der Waals surface area contributed by atoms with Gasteiger partial charge in [-0.1, -0.05) is 6.92 Å². The molecular weight excluding hydrogens is 480 g/mol. The normalized spacial score (nSPS) is 11.6. The predicted octanol–water partition coefficient (Wildman–Crippen LogP) is 1.65. The van der Waals surface area contributed by atoms with Gasteiger partial charge in [0, 0.05) is 55.5 Å². The third-order valence-electron chi connectivity index (χ3n) is 4.76. The molecule has 0 saturated carbocycles. The first-order chi connectivity index (χ1) is 15.7. The van der Waals surface area contributed by atoms with Gasteiger partial charge in [0.25, 0.3) is 0 Å². The molecule has 0 aliphatic carbocycles. The highest BCUT2D eigenvalue weighted by atomic mass is 32.2. The van der Waals surface area contributed by atoms with Gasteiger partial charge in [-0.15, -0.1) is 0 Å². The molecule has 0 saturated heterocycles. The molecule has 0 atom stereocenters. The summed E-state index contributed by atoms with van der Waals surface area (Å²) in [5, 5.41) is 6.21. The summed E-state index contributed by atoms with van der Waals surface area (Å²) in [6.45, 7) is 7.69. The molecule has 0 unspecified atom stereocenters. The van der Waals surface area contributed by atoms with Crippen LogP contribution in [0.1, 0.15) is 18.1 Å². The van der Waals surface area contributed by atoms with Crippen LogP contribution in [0.25, 0.3) is 0 Å². The molecule has 11 nitrogen and oxygen atoms in total. The Morgan fingerprint density at radius 2 is 1.59 bits per heavy atom.